The van der Waals surface area contributed by atoms with Crippen LogP contribution in [0.25, 0.3) is 16.6 Å². The third kappa shape index (κ3) is 6.05. The number of nitrogens with zero attached hydrogens (tertiary/aromatic N) is 8. The van der Waals surface area contributed by atoms with E-state index in [4.69, 9.17) is 0 Å². The Balaban J connectivity index is 0.818. The van der Waals surface area contributed by atoms with Gasteiger partial charge in [0.25, 0.3) is 24.1 Å². The zero-order chi connectivity index (χ0) is 38.2. The number of carbonyl (C=O) groups excluding carboxylic acids is 5. The van der Waals surface area contributed by atoms with Crippen LogP contribution < -0.4 is 15.5 Å². The molecular formula is C37H33F3N10O5. The number of carbonyl (C=O) groups is 5. The third-order valence-electron chi connectivity index (χ3n) is 10.9. The van der Waals surface area contributed by atoms with E-state index in [1.807, 2.05) is 0 Å². The molecule has 2 aromatic carbocycles. The number of piperidine rings is 2. The van der Waals surface area contributed by atoms with Gasteiger partial charge in [0.1, 0.15) is 11.6 Å². The number of aromatic nitrogens is 5. The van der Waals surface area contributed by atoms with Crippen molar-refractivity contribution in [3.63, 3.8) is 0 Å². The topological polar surface area (TPSA) is 167 Å². The summed E-state index contributed by atoms with van der Waals surface area (Å²) in [5.74, 6) is -2.96. The number of nitrogens with one attached hydrogen (secondary N) is 2. The maximum Gasteiger partial charge on any atom is 0.265 e. The van der Waals surface area contributed by atoms with E-state index in [1.54, 1.807) is 40.2 Å². The molecule has 3 aromatic heterocycles. The Hall–Kier alpha value is -6.17. The van der Waals surface area contributed by atoms with Crippen LogP contribution >= 0.6 is 0 Å². The minimum atomic E-state index is -2.87. The lowest BCUT2D eigenvalue weighted by atomic mass is 9.92. The highest BCUT2D eigenvalue weighted by atomic mass is 19.3. The molecule has 9 rings (SSSR count). The Labute approximate surface area is 310 Å². The summed E-state index contributed by atoms with van der Waals surface area (Å²) in [6.45, 7) is 1.57. The number of likely N-dealkylation sites (tertiary alicyclic amines) is 1. The molecule has 282 valence electrons. The van der Waals surface area contributed by atoms with Gasteiger partial charge in [-0.3, -0.25) is 43.8 Å². The van der Waals surface area contributed by atoms with Crippen molar-refractivity contribution >= 4 is 57.5 Å². The number of rotatable bonds is 8. The van der Waals surface area contributed by atoms with Gasteiger partial charge in [0.15, 0.2) is 11.3 Å². The zero-order valence-corrected chi connectivity index (χ0v) is 29.1. The molecule has 1 unspecified atom stereocenters. The number of alkyl halides is 3. The third-order valence-corrected chi connectivity index (χ3v) is 10.9. The molecule has 0 radical (unpaired) electrons. The van der Waals surface area contributed by atoms with Gasteiger partial charge in [0.2, 0.25) is 11.8 Å². The highest BCUT2D eigenvalue weighted by Gasteiger charge is 2.48. The number of imide groups is 2. The molecule has 3 fully saturated rings. The Morgan fingerprint density at radius 3 is 2.56 bits per heavy atom. The van der Waals surface area contributed by atoms with Crippen LogP contribution in [0.5, 0.6) is 0 Å². The summed E-state index contributed by atoms with van der Waals surface area (Å²) in [4.78, 5) is 72.3. The van der Waals surface area contributed by atoms with Crippen molar-refractivity contribution in [1.82, 2.24) is 39.5 Å². The van der Waals surface area contributed by atoms with E-state index in [0.717, 1.165) is 4.90 Å². The van der Waals surface area contributed by atoms with Gasteiger partial charge in [-0.1, -0.05) is 0 Å². The fourth-order valence-corrected chi connectivity index (χ4v) is 8.08. The molecule has 4 aliphatic heterocycles. The summed E-state index contributed by atoms with van der Waals surface area (Å²) in [5.41, 5.74) is -0.190. The SMILES string of the molecule is O=C1CCC(N2C(=O)c3ccc(N4CC(F)(CN5CCC(n6cc7cc(NC(=O)c8cnn9cccnc89)c(C(F)F)cc7n6)CC5)C4)cc3C2=O)C(=O)N1. The quantitative estimate of drug-likeness (QED) is 0.224. The summed E-state index contributed by atoms with van der Waals surface area (Å²) in [5, 5.41) is 14.1. The molecule has 18 heteroatoms. The van der Waals surface area contributed by atoms with E-state index in [0.29, 0.717) is 48.2 Å². The number of benzene rings is 2. The van der Waals surface area contributed by atoms with Crippen LogP contribution in [0.3, 0.4) is 0 Å². The summed E-state index contributed by atoms with van der Waals surface area (Å²) in [6.07, 6.45) is 4.78. The van der Waals surface area contributed by atoms with Crippen molar-refractivity contribution in [3.05, 3.63) is 83.4 Å². The predicted molar refractivity (Wildman–Crippen MR) is 190 cm³/mol. The lowest BCUT2D eigenvalue weighted by molar-refractivity contribution is -0.136. The van der Waals surface area contributed by atoms with E-state index >= 15 is 4.39 Å². The van der Waals surface area contributed by atoms with Crippen molar-refractivity contribution in [2.24, 2.45) is 0 Å². The van der Waals surface area contributed by atoms with Gasteiger partial charge in [0, 0.05) is 61.3 Å². The van der Waals surface area contributed by atoms with Crippen LogP contribution in [0.2, 0.25) is 0 Å². The normalized spacial score (nSPS) is 20.4. The van der Waals surface area contributed by atoms with Gasteiger partial charge in [-0.05, 0) is 55.7 Å². The Kier molecular flexibility index (Phi) is 8.17. The Morgan fingerprint density at radius 1 is 1.02 bits per heavy atom. The molecule has 0 bridgehead atoms. The van der Waals surface area contributed by atoms with Crippen LogP contribution in [0.1, 0.15) is 74.8 Å². The van der Waals surface area contributed by atoms with Gasteiger partial charge in [-0.15, -0.1) is 0 Å². The summed E-state index contributed by atoms with van der Waals surface area (Å²) in [7, 11) is 0. The summed E-state index contributed by atoms with van der Waals surface area (Å²) in [6, 6.07) is 8.07. The first-order valence-electron chi connectivity index (χ1n) is 17.9. The Morgan fingerprint density at radius 2 is 1.80 bits per heavy atom. The standard InChI is InChI=1S/C37H33F3N10O5/c38-31(39)25-14-27-20(12-28(25)43-33(52)26-15-42-48-9-1-8-41-32(26)48)16-49(45-27)21-6-10-46(11-7-21)17-37(40)18-47(19-37)22-2-3-23-24(13-22)36(55)50(35(23)54)29-4-5-30(51)44-34(29)53/h1-3,8-9,12-16,21,29,31H,4-7,10-11,17-19H2,(H,43,52)(H,44,51,53). The molecule has 4 aliphatic rings. The number of fused-ring (bicyclic) bond motifs is 3. The van der Waals surface area contributed by atoms with Crippen LogP contribution in [0.15, 0.2) is 61.2 Å². The highest BCUT2D eigenvalue weighted by molar-refractivity contribution is 6.23. The largest absolute Gasteiger partial charge is 0.365 e. The summed E-state index contributed by atoms with van der Waals surface area (Å²) < 4.78 is 47.5. The predicted octanol–water partition coefficient (Wildman–Crippen LogP) is 3.54. The molecule has 7 heterocycles. The van der Waals surface area contributed by atoms with E-state index in [9.17, 15) is 32.8 Å². The smallest absolute Gasteiger partial charge is 0.265 e. The number of amides is 5. The molecule has 0 saturated carbocycles. The molecule has 0 spiro atoms. The first-order valence-corrected chi connectivity index (χ1v) is 17.9. The van der Waals surface area contributed by atoms with Gasteiger partial charge in [-0.25, -0.2) is 22.7 Å². The molecule has 5 aromatic rings. The average molecular weight is 755 g/mol. The van der Waals surface area contributed by atoms with Gasteiger partial charge in [0.05, 0.1) is 47.7 Å². The number of anilines is 2. The molecule has 2 N–H and O–H groups in total. The van der Waals surface area contributed by atoms with E-state index < -0.39 is 47.7 Å². The van der Waals surface area contributed by atoms with Crippen molar-refractivity contribution in [1.29, 1.82) is 0 Å². The first kappa shape index (κ1) is 34.6. The molecule has 5 amide bonds. The van der Waals surface area contributed by atoms with Gasteiger partial charge in [-0.2, -0.15) is 10.2 Å². The van der Waals surface area contributed by atoms with Crippen molar-refractivity contribution < 1.29 is 37.1 Å². The minimum Gasteiger partial charge on any atom is -0.365 e. The van der Waals surface area contributed by atoms with E-state index in [-0.39, 0.29) is 66.5 Å². The number of hydrogen-bond donors (Lipinski definition) is 2. The highest BCUT2D eigenvalue weighted by Crippen LogP contribution is 2.37. The van der Waals surface area contributed by atoms with Gasteiger partial charge >= 0.3 is 0 Å². The van der Waals surface area contributed by atoms with Crippen molar-refractivity contribution in [2.45, 2.75) is 49.9 Å². The second-order valence-corrected chi connectivity index (χ2v) is 14.5. The fourth-order valence-electron chi connectivity index (χ4n) is 8.08. The second kappa shape index (κ2) is 13.0. The first-order chi connectivity index (χ1) is 26.4. The zero-order valence-electron chi connectivity index (χ0n) is 29.1. The summed E-state index contributed by atoms with van der Waals surface area (Å²) >= 11 is 0. The molecule has 55 heavy (non-hydrogen) atoms. The van der Waals surface area contributed by atoms with Crippen LogP contribution in [0.4, 0.5) is 24.5 Å². The lowest BCUT2D eigenvalue weighted by Gasteiger charge is -2.48. The van der Waals surface area contributed by atoms with E-state index in [2.05, 4.69) is 30.7 Å². The molecular weight excluding hydrogens is 721 g/mol. The Bertz CT molecular complexity index is 2430. The van der Waals surface area contributed by atoms with E-state index in [1.165, 1.54) is 35.1 Å². The molecule has 15 nitrogen and oxygen atoms in total. The maximum absolute atomic E-state index is 16.0. The lowest BCUT2D eigenvalue weighted by Crippen LogP contribution is -2.64. The van der Waals surface area contributed by atoms with Crippen LogP contribution in [0, 0.1) is 0 Å². The maximum atomic E-state index is 16.0. The van der Waals surface area contributed by atoms with Gasteiger partial charge < -0.3 is 10.2 Å². The molecule has 0 aliphatic carbocycles. The van der Waals surface area contributed by atoms with Crippen molar-refractivity contribution in [3.8, 4) is 0 Å². The monoisotopic (exact) mass is 754 g/mol. The number of hydrogen-bond acceptors (Lipinski definition) is 10. The van der Waals surface area contributed by atoms with Crippen LogP contribution in [-0.2, 0) is 9.59 Å². The number of halogens is 3. The van der Waals surface area contributed by atoms with Crippen molar-refractivity contribution in [2.75, 3.05) is 42.9 Å². The average Bonchev–Trinajstić information content (AvgIpc) is 3.84. The second-order valence-electron chi connectivity index (χ2n) is 14.5. The van der Waals surface area contributed by atoms with Crippen LogP contribution in [-0.4, -0.2) is 108 Å². The fraction of sp³-hybridized carbons (Fsp3) is 0.351. The molecule has 3 saturated heterocycles. The minimum absolute atomic E-state index is 0.0257. The molecule has 1 atom stereocenters.